The number of hydrogen-bond donors (Lipinski definition) is 0. The van der Waals surface area contributed by atoms with Crippen LogP contribution in [0.15, 0.2) is 51.7 Å². The Morgan fingerprint density at radius 2 is 2.08 bits per heavy atom. The van der Waals surface area contributed by atoms with E-state index in [0.717, 1.165) is 33.8 Å². The standard InChI is InChI=1S/C18H17N5OS2/c1-3-22-17(14-7-5-9-25-14)20-21-18(22)26-11-13-10-16(24)23-12(2)6-4-8-15(23)19-13/h4-10H,3,11H2,1-2H3. The molecule has 26 heavy (non-hydrogen) atoms. The van der Waals surface area contributed by atoms with Gasteiger partial charge in [0.05, 0.1) is 10.6 Å². The molecule has 8 heteroatoms. The highest BCUT2D eigenvalue weighted by atomic mass is 32.2. The summed E-state index contributed by atoms with van der Waals surface area (Å²) in [5, 5.41) is 11.5. The highest BCUT2D eigenvalue weighted by Gasteiger charge is 2.14. The van der Waals surface area contributed by atoms with E-state index in [9.17, 15) is 4.79 Å². The SMILES string of the molecule is CCn1c(SCc2cc(=O)n3c(C)cccc3n2)nnc1-c1cccs1. The van der Waals surface area contributed by atoms with Gasteiger partial charge in [0.25, 0.3) is 5.56 Å². The first-order valence-corrected chi connectivity index (χ1v) is 10.1. The van der Waals surface area contributed by atoms with Crippen LogP contribution in [0.3, 0.4) is 0 Å². The Morgan fingerprint density at radius 1 is 1.19 bits per heavy atom. The molecule has 4 aromatic heterocycles. The maximum absolute atomic E-state index is 12.4. The van der Waals surface area contributed by atoms with E-state index in [1.807, 2.05) is 42.6 Å². The molecule has 0 aliphatic rings. The zero-order valence-electron chi connectivity index (χ0n) is 14.4. The summed E-state index contributed by atoms with van der Waals surface area (Å²) in [6.45, 7) is 4.77. The van der Waals surface area contributed by atoms with E-state index in [-0.39, 0.29) is 5.56 Å². The summed E-state index contributed by atoms with van der Waals surface area (Å²) < 4.78 is 3.71. The molecule has 0 bridgehead atoms. The van der Waals surface area contributed by atoms with Crippen molar-refractivity contribution >= 4 is 28.7 Å². The lowest BCUT2D eigenvalue weighted by Crippen LogP contribution is -2.17. The number of aryl methyl sites for hydroxylation is 1. The molecule has 0 atom stereocenters. The van der Waals surface area contributed by atoms with Crippen molar-refractivity contribution < 1.29 is 0 Å². The normalized spacial score (nSPS) is 11.3. The Hall–Kier alpha value is -2.45. The Labute approximate surface area is 158 Å². The minimum Gasteiger partial charge on any atom is -0.302 e. The highest BCUT2D eigenvalue weighted by molar-refractivity contribution is 7.98. The number of aromatic nitrogens is 5. The van der Waals surface area contributed by atoms with Gasteiger partial charge in [0.2, 0.25) is 0 Å². The molecule has 6 nitrogen and oxygen atoms in total. The number of thiophene rings is 1. The van der Waals surface area contributed by atoms with Gasteiger partial charge in [-0.1, -0.05) is 23.9 Å². The Bertz CT molecular complexity index is 1110. The van der Waals surface area contributed by atoms with Gasteiger partial charge in [-0.05, 0) is 37.4 Å². The fourth-order valence-corrected chi connectivity index (χ4v) is 4.46. The number of pyridine rings is 1. The molecular weight excluding hydrogens is 366 g/mol. The molecule has 0 amide bonds. The smallest absolute Gasteiger partial charge is 0.258 e. The largest absolute Gasteiger partial charge is 0.302 e. The molecule has 4 aromatic rings. The molecule has 0 aliphatic heterocycles. The van der Waals surface area contributed by atoms with E-state index in [4.69, 9.17) is 0 Å². The van der Waals surface area contributed by atoms with Crippen LogP contribution in [0.1, 0.15) is 18.3 Å². The second-order valence-electron chi connectivity index (χ2n) is 5.76. The molecular formula is C18H17N5OS2. The third kappa shape index (κ3) is 3.06. The minimum absolute atomic E-state index is 0.0556. The van der Waals surface area contributed by atoms with Gasteiger partial charge in [-0.2, -0.15) is 0 Å². The lowest BCUT2D eigenvalue weighted by Gasteiger charge is -2.07. The van der Waals surface area contributed by atoms with Crippen molar-refractivity contribution in [2.75, 3.05) is 0 Å². The first-order chi connectivity index (χ1) is 12.7. The fourth-order valence-electron chi connectivity index (χ4n) is 2.84. The molecule has 0 unspecified atom stereocenters. The Balaban J connectivity index is 1.62. The molecule has 0 N–H and O–H groups in total. The van der Waals surface area contributed by atoms with Crippen molar-refractivity contribution in [3.8, 4) is 10.7 Å². The number of hydrogen-bond acceptors (Lipinski definition) is 6. The van der Waals surface area contributed by atoms with E-state index in [2.05, 4.69) is 26.7 Å². The van der Waals surface area contributed by atoms with Crippen LogP contribution in [0.4, 0.5) is 0 Å². The molecule has 0 saturated heterocycles. The summed E-state index contributed by atoms with van der Waals surface area (Å²) in [6, 6.07) is 11.3. The predicted molar refractivity (Wildman–Crippen MR) is 105 cm³/mol. The molecule has 0 spiro atoms. The summed E-state index contributed by atoms with van der Waals surface area (Å²) in [5.74, 6) is 1.45. The summed E-state index contributed by atoms with van der Waals surface area (Å²) in [5.41, 5.74) is 2.24. The average Bonchev–Trinajstić information content (AvgIpc) is 3.28. The Morgan fingerprint density at radius 3 is 2.85 bits per heavy atom. The first kappa shape index (κ1) is 17.0. The average molecular weight is 384 g/mol. The van der Waals surface area contributed by atoms with E-state index in [0.29, 0.717) is 11.4 Å². The van der Waals surface area contributed by atoms with Gasteiger partial charge >= 0.3 is 0 Å². The molecule has 0 aliphatic carbocycles. The maximum atomic E-state index is 12.4. The van der Waals surface area contributed by atoms with Gasteiger partial charge in [0.15, 0.2) is 11.0 Å². The fraction of sp³-hybridized carbons (Fsp3) is 0.222. The molecule has 0 radical (unpaired) electrons. The summed E-state index contributed by atoms with van der Waals surface area (Å²) in [7, 11) is 0. The first-order valence-electron chi connectivity index (χ1n) is 8.25. The number of nitrogens with zero attached hydrogens (tertiary/aromatic N) is 5. The van der Waals surface area contributed by atoms with Gasteiger partial charge < -0.3 is 4.57 Å². The van der Waals surface area contributed by atoms with Gasteiger partial charge in [-0.25, -0.2) is 4.98 Å². The van der Waals surface area contributed by atoms with E-state index < -0.39 is 0 Å². The van der Waals surface area contributed by atoms with Gasteiger partial charge in [-0.15, -0.1) is 21.5 Å². The quantitative estimate of drug-likeness (QED) is 0.492. The highest BCUT2D eigenvalue weighted by Crippen LogP contribution is 2.28. The third-order valence-corrected chi connectivity index (χ3v) is 5.92. The second-order valence-corrected chi connectivity index (χ2v) is 7.65. The van der Waals surface area contributed by atoms with Crippen molar-refractivity contribution in [3.05, 3.63) is 63.5 Å². The zero-order chi connectivity index (χ0) is 18.1. The monoisotopic (exact) mass is 383 g/mol. The second kappa shape index (κ2) is 7.05. The van der Waals surface area contributed by atoms with Crippen LogP contribution in [-0.4, -0.2) is 24.1 Å². The van der Waals surface area contributed by atoms with Gasteiger partial charge in [-0.3, -0.25) is 9.20 Å². The number of fused-ring (bicyclic) bond motifs is 1. The van der Waals surface area contributed by atoms with Crippen LogP contribution < -0.4 is 5.56 Å². The van der Waals surface area contributed by atoms with Crippen LogP contribution in [0.2, 0.25) is 0 Å². The van der Waals surface area contributed by atoms with Crippen molar-refractivity contribution in [2.45, 2.75) is 31.3 Å². The molecule has 4 heterocycles. The molecule has 0 fully saturated rings. The summed E-state index contributed by atoms with van der Waals surface area (Å²) >= 11 is 3.20. The van der Waals surface area contributed by atoms with Crippen molar-refractivity contribution in [1.82, 2.24) is 24.1 Å². The van der Waals surface area contributed by atoms with Crippen LogP contribution in [-0.2, 0) is 12.3 Å². The molecule has 132 valence electrons. The van der Waals surface area contributed by atoms with E-state index in [1.165, 1.54) is 0 Å². The van der Waals surface area contributed by atoms with E-state index in [1.54, 1.807) is 33.6 Å². The van der Waals surface area contributed by atoms with Crippen molar-refractivity contribution in [3.63, 3.8) is 0 Å². The van der Waals surface area contributed by atoms with E-state index >= 15 is 0 Å². The molecule has 4 rings (SSSR count). The van der Waals surface area contributed by atoms with Crippen molar-refractivity contribution in [2.24, 2.45) is 0 Å². The van der Waals surface area contributed by atoms with Crippen LogP contribution in [0.5, 0.6) is 0 Å². The number of thioether (sulfide) groups is 1. The number of rotatable bonds is 5. The molecule has 0 aromatic carbocycles. The van der Waals surface area contributed by atoms with Crippen LogP contribution in [0.25, 0.3) is 16.3 Å². The topological polar surface area (TPSA) is 65.1 Å². The third-order valence-electron chi connectivity index (χ3n) is 4.06. The molecule has 0 saturated carbocycles. The van der Waals surface area contributed by atoms with Crippen LogP contribution >= 0.6 is 23.1 Å². The Kier molecular flexibility index (Phi) is 4.60. The summed E-state index contributed by atoms with van der Waals surface area (Å²) in [6.07, 6.45) is 0. The zero-order valence-corrected chi connectivity index (χ0v) is 16.0. The van der Waals surface area contributed by atoms with Crippen molar-refractivity contribution in [1.29, 1.82) is 0 Å². The van der Waals surface area contributed by atoms with Crippen LogP contribution in [0, 0.1) is 6.92 Å². The minimum atomic E-state index is -0.0556. The van der Waals surface area contributed by atoms with Gasteiger partial charge in [0, 0.05) is 24.1 Å². The maximum Gasteiger partial charge on any atom is 0.258 e. The lowest BCUT2D eigenvalue weighted by atomic mass is 10.3. The summed E-state index contributed by atoms with van der Waals surface area (Å²) in [4.78, 5) is 18.1. The predicted octanol–water partition coefficient (Wildman–Crippen LogP) is 3.64. The van der Waals surface area contributed by atoms with Gasteiger partial charge in [0.1, 0.15) is 5.65 Å². The lowest BCUT2D eigenvalue weighted by molar-refractivity contribution is 0.688.